The number of aliphatic hydroxyl groups excluding tert-OH is 1. The molecule has 1 aliphatic heterocycles. The minimum absolute atomic E-state index is 0.0474. The van der Waals surface area contributed by atoms with Crippen LogP contribution in [0.15, 0.2) is 24.4 Å². The number of nitrogens with zero attached hydrogens (tertiary/aromatic N) is 1. The predicted octanol–water partition coefficient (Wildman–Crippen LogP) is 2.31. The van der Waals surface area contributed by atoms with Crippen molar-refractivity contribution in [2.75, 3.05) is 13.7 Å². The average molecular weight is 320 g/mol. The number of rotatable bonds is 4. The van der Waals surface area contributed by atoms with Gasteiger partial charge in [0.1, 0.15) is 11.6 Å². The van der Waals surface area contributed by atoms with Crippen molar-refractivity contribution < 1.29 is 19.0 Å². The molecule has 1 aromatic heterocycles. The Morgan fingerprint density at radius 2 is 2.30 bits per heavy atom. The molecule has 124 valence electrons. The summed E-state index contributed by atoms with van der Waals surface area (Å²) in [6.07, 6.45) is 2.02. The number of fused-ring (bicyclic) bond motifs is 1. The molecule has 2 heterocycles. The first-order valence-electron chi connectivity index (χ1n) is 7.76. The van der Waals surface area contributed by atoms with E-state index in [1.165, 1.54) is 0 Å². The Bertz CT molecular complexity index is 687. The van der Waals surface area contributed by atoms with Gasteiger partial charge in [-0.3, -0.25) is 4.98 Å². The Hall–Kier alpha value is -1.76. The first-order valence-corrected chi connectivity index (χ1v) is 7.76. The summed E-state index contributed by atoms with van der Waals surface area (Å²) >= 11 is 0. The fraction of sp³-hybridized carbons (Fsp3) is 0.471. The van der Waals surface area contributed by atoms with Gasteiger partial charge in [-0.05, 0) is 31.0 Å². The topological polar surface area (TPSA) is 77.6 Å². The Morgan fingerprint density at radius 3 is 3.00 bits per heavy atom. The van der Waals surface area contributed by atoms with Crippen LogP contribution in [-0.4, -0.2) is 36.0 Å². The summed E-state index contributed by atoms with van der Waals surface area (Å²) in [5.41, 5.74) is 6.66. The number of ether oxygens (including phenoxy) is 2. The lowest BCUT2D eigenvalue weighted by Crippen LogP contribution is -2.36. The van der Waals surface area contributed by atoms with Crippen LogP contribution in [0.5, 0.6) is 5.75 Å². The third kappa shape index (κ3) is 3.44. The molecular formula is C17H21FN2O3. The number of aliphatic hydroxyl groups is 1. The number of methoxy groups -OCH3 is 1. The van der Waals surface area contributed by atoms with Crippen LogP contribution >= 0.6 is 0 Å². The molecule has 3 N–H and O–H groups in total. The molecule has 0 radical (unpaired) electrons. The zero-order valence-corrected chi connectivity index (χ0v) is 13.0. The summed E-state index contributed by atoms with van der Waals surface area (Å²) in [5.74, 6) is 0.0732. The van der Waals surface area contributed by atoms with Gasteiger partial charge in [-0.1, -0.05) is 0 Å². The molecule has 0 amide bonds. The number of benzene rings is 1. The smallest absolute Gasteiger partial charge is 0.147 e. The number of hydrogen-bond acceptors (Lipinski definition) is 5. The average Bonchev–Trinajstić information content (AvgIpc) is 2.56. The highest BCUT2D eigenvalue weighted by Crippen LogP contribution is 2.32. The van der Waals surface area contributed by atoms with Crippen LogP contribution in [0.1, 0.15) is 30.9 Å². The quantitative estimate of drug-likeness (QED) is 0.904. The van der Waals surface area contributed by atoms with Crippen molar-refractivity contribution in [1.82, 2.24) is 4.98 Å². The first-order chi connectivity index (χ1) is 11.1. The maximum absolute atomic E-state index is 14.3. The zero-order valence-electron chi connectivity index (χ0n) is 13.0. The first kappa shape index (κ1) is 16.1. The van der Waals surface area contributed by atoms with Gasteiger partial charge in [-0.15, -0.1) is 0 Å². The predicted molar refractivity (Wildman–Crippen MR) is 84.8 cm³/mol. The summed E-state index contributed by atoms with van der Waals surface area (Å²) in [7, 11) is 1.54. The monoisotopic (exact) mass is 320 g/mol. The van der Waals surface area contributed by atoms with Gasteiger partial charge in [0.25, 0.3) is 0 Å². The molecular weight excluding hydrogens is 299 g/mol. The summed E-state index contributed by atoms with van der Waals surface area (Å²) in [6.45, 7) is 0.477. The lowest BCUT2D eigenvalue weighted by molar-refractivity contribution is -0.0238. The molecule has 5 nitrogen and oxygen atoms in total. The molecule has 1 aliphatic rings. The van der Waals surface area contributed by atoms with E-state index in [0.717, 1.165) is 19.0 Å². The fourth-order valence-corrected chi connectivity index (χ4v) is 3.01. The largest absolute Gasteiger partial charge is 0.497 e. The van der Waals surface area contributed by atoms with Gasteiger partial charge in [-0.2, -0.15) is 0 Å². The van der Waals surface area contributed by atoms with E-state index < -0.39 is 11.9 Å². The van der Waals surface area contributed by atoms with E-state index in [-0.39, 0.29) is 17.7 Å². The number of pyridine rings is 1. The second-order valence-electron chi connectivity index (χ2n) is 5.95. The van der Waals surface area contributed by atoms with Crippen LogP contribution < -0.4 is 10.5 Å². The molecule has 0 saturated carbocycles. The van der Waals surface area contributed by atoms with Gasteiger partial charge in [0.2, 0.25) is 0 Å². The van der Waals surface area contributed by atoms with E-state index in [0.29, 0.717) is 29.7 Å². The van der Waals surface area contributed by atoms with Gasteiger partial charge < -0.3 is 20.3 Å². The van der Waals surface area contributed by atoms with E-state index in [4.69, 9.17) is 15.2 Å². The molecule has 1 fully saturated rings. The van der Waals surface area contributed by atoms with E-state index in [2.05, 4.69) is 4.98 Å². The third-order valence-electron chi connectivity index (χ3n) is 4.29. The molecule has 0 bridgehead atoms. The molecule has 1 saturated heterocycles. The standard InChI is InChI=1S/C17H21FN2O3/c1-22-11-4-5-15-13(6-11)17(14(18)8-20-15)16(21)7-12-3-2-10(19)9-23-12/h4-6,8,10,12,16,21H,2-3,7,9,19H2,1H3/t10-,12+,16?/m1/s1. The number of aromatic nitrogens is 1. The van der Waals surface area contributed by atoms with Crippen molar-refractivity contribution in [2.24, 2.45) is 5.73 Å². The van der Waals surface area contributed by atoms with Crippen LogP contribution in [-0.2, 0) is 4.74 Å². The summed E-state index contributed by atoms with van der Waals surface area (Å²) in [4.78, 5) is 4.07. The SMILES string of the molecule is COc1ccc2ncc(F)c(C(O)C[C@@H]3CC[C@@H](N)CO3)c2c1. The van der Waals surface area contributed by atoms with Crippen LogP contribution in [0, 0.1) is 5.82 Å². The van der Waals surface area contributed by atoms with Crippen LogP contribution in [0.25, 0.3) is 10.9 Å². The molecule has 3 atom stereocenters. The van der Waals surface area contributed by atoms with E-state index in [9.17, 15) is 9.50 Å². The molecule has 1 aromatic carbocycles. The van der Waals surface area contributed by atoms with E-state index in [1.807, 2.05) is 0 Å². The summed E-state index contributed by atoms with van der Waals surface area (Å²) < 4.78 is 25.1. The second-order valence-corrected chi connectivity index (χ2v) is 5.95. The third-order valence-corrected chi connectivity index (χ3v) is 4.29. The Kier molecular flexibility index (Phi) is 4.75. The highest BCUT2D eigenvalue weighted by atomic mass is 19.1. The van der Waals surface area contributed by atoms with Crippen LogP contribution in [0.2, 0.25) is 0 Å². The molecule has 23 heavy (non-hydrogen) atoms. The van der Waals surface area contributed by atoms with Gasteiger partial charge in [0, 0.05) is 23.4 Å². The highest BCUT2D eigenvalue weighted by molar-refractivity contribution is 5.84. The minimum atomic E-state index is -0.966. The molecule has 2 aromatic rings. The lowest BCUT2D eigenvalue weighted by Gasteiger charge is -2.28. The van der Waals surface area contributed by atoms with Crippen molar-refractivity contribution in [2.45, 2.75) is 37.5 Å². The molecule has 0 aliphatic carbocycles. The van der Waals surface area contributed by atoms with Crippen molar-refractivity contribution in [1.29, 1.82) is 0 Å². The van der Waals surface area contributed by atoms with Gasteiger partial charge in [0.05, 0.1) is 37.6 Å². The van der Waals surface area contributed by atoms with Gasteiger partial charge in [-0.25, -0.2) is 4.39 Å². The van der Waals surface area contributed by atoms with Gasteiger partial charge in [0.15, 0.2) is 0 Å². The second kappa shape index (κ2) is 6.78. The van der Waals surface area contributed by atoms with Crippen LogP contribution in [0.3, 0.4) is 0 Å². The maximum atomic E-state index is 14.3. The Balaban J connectivity index is 1.89. The summed E-state index contributed by atoms with van der Waals surface area (Å²) in [5, 5.41) is 11.1. The maximum Gasteiger partial charge on any atom is 0.147 e. The molecule has 3 rings (SSSR count). The van der Waals surface area contributed by atoms with Crippen LogP contribution in [0.4, 0.5) is 4.39 Å². The summed E-state index contributed by atoms with van der Waals surface area (Å²) in [6, 6.07) is 5.25. The van der Waals surface area contributed by atoms with E-state index in [1.54, 1.807) is 25.3 Å². The van der Waals surface area contributed by atoms with Crippen molar-refractivity contribution in [3.05, 3.63) is 35.8 Å². The highest BCUT2D eigenvalue weighted by Gasteiger charge is 2.25. The minimum Gasteiger partial charge on any atom is -0.497 e. The number of hydrogen-bond donors (Lipinski definition) is 2. The normalized spacial score (nSPS) is 23.0. The Morgan fingerprint density at radius 1 is 1.48 bits per heavy atom. The molecule has 1 unspecified atom stereocenters. The van der Waals surface area contributed by atoms with Crippen molar-refractivity contribution in [3.8, 4) is 5.75 Å². The van der Waals surface area contributed by atoms with Crippen molar-refractivity contribution in [3.63, 3.8) is 0 Å². The fourth-order valence-electron chi connectivity index (χ4n) is 3.01. The number of halogens is 1. The van der Waals surface area contributed by atoms with Crippen molar-refractivity contribution >= 4 is 10.9 Å². The Labute approximate surface area is 134 Å². The van der Waals surface area contributed by atoms with Gasteiger partial charge >= 0.3 is 0 Å². The van der Waals surface area contributed by atoms with E-state index >= 15 is 0 Å². The lowest BCUT2D eigenvalue weighted by atomic mass is 9.95. The zero-order chi connectivity index (χ0) is 16.4. The molecule has 6 heteroatoms. The molecule has 0 spiro atoms. The number of nitrogens with two attached hydrogens (primary N) is 1.